The Kier molecular flexibility index (Phi) is 4.44. The van der Waals surface area contributed by atoms with E-state index >= 15 is 0 Å². The number of hydrogen-bond donors (Lipinski definition) is 0. The molecule has 1 aromatic rings. The van der Waals surface area contributed by atoms with E-state index in [1.165, 1.54) is 37.9 Å². The highest BCUT2D eigenvalue weighted by Crippen LogP contribution is 2.35. The van der Waals surface area contributed by atoms with Gasteiger partial charge in [0.2, 0.25) is 0 Å². The van der Waals surface area contributed by atoms with E-state index in [2.05, 4.69) is 45.1 Å². The lowest BCUT2D eigenvalue weighted by atomic mass is 9.88. The third-order valence-electron chi connectivity index (χ3n) is 4.50. The van der Waals surface area contributed by atoms with Gasteiger partial charge in [-0.25, -0.2) is 0 Å². The summed E-state index contributed by atoms with van der Waals surface area (Å²) in [7, 11) is 0. The standard InChI is InChI=1S/C16H22BrNO/c17-9-10-18(14-4-3-5-14)12-13-8-11-19-16-7-2-1-6-15(13)16/h1-2,6-7,13-14H,3-5,8-12H2. The SMILES string of the molecule is BrCCN(CC1CCOc2ccccc21)C1CCC1. The summed E-state index contributed by atoms with van der Waals surface area (Å²) in [4.78, 5) is 2.69. The molecule has 0 spiro atoms. The van der Waals surface area contributed by atoms with Crippen molar-refractivity contribution in [3.8, 4) is 5.75 Å². The highest BCUT2D eigenvalue weighted by atomic mass is 79.9. The van der Waals surface area contributed by atoms with Crippen LogP contribution in [0.4, 0.5) is 0 Å². The normalized spacial score (nSPS) is 22.7. The highest BCUT2D eigenvalue weighted by molar-refractivity contribution is 9.09. The summed E-state index contributed by atoms with van der Waals surface area (Å²) < 4.78 is 5.77. The van der Waals surface area contributed by atoms with E-state index in [1.54, 1.807) is 0 Å². The van der Waals surface area contributed by atoms with Crippen LogP contribution in [-0.2, 0) is 0 Å². The molecule has 1 heterocycles. The van der Waals surface area contributed by atoms with E-state index in [9.17, 15) is 0 Å². The van der Waals surface area contributed by atoms with Gasteiger partial charge < -0.3 is 4.74 Å². The van der Waals surface area contributed by atoms with Gasteiger partial charge in [-0.3, -0.25) is 4.90 Å². The first-order valence-corrected chi connectivity index (χ1v) is 8.52. The molecular formula is C16H22BrNO. The number of para-hydroxylation sites is 1. The molecule has 2 nitrogen and oxygen atoms in total. The van der Waals surface area contributed by atoms with Gasteiger partial charge in [-0.15, -0.1) is 0 Å². The van der Waals surface area contributed by atoms with Crippen molar-refractivity contribution in [2.75, 3.05) is 25.0 Å². The number of nitrogens with zero attached hydrogens (tertiary/aromatic N) is 1. The Bertz CT molecular complexity index is 419. The van der Waals surface area contributed by atoms with Crippen LogP contribution in [0, 0.1) is 0 Å². The van der Waals surface area contributed by atoms with E-state index in [-0.39, 0.29) is 0 Å². The number of rotatable bonds is 5. The first kappa shape index (κ1) is 13.4. The molecule has 3 rings (SSSR count). The van der Waals surface area contributed by atoms with Crippen molar-refractivity contribution in [1.29, 1.82) is 0 Å². The number of ether oxygens (including phenoxy) is 1. The zero-order valence-electron chi connectivity index (χ0n) is 11.4. The molecule has 0 bridgehead atoms. The largest absolute Gasteiger partial charge is 0.493 e. The fourth-order valence-corrected chi connectivity index (χ4v) is 3.63. The van der Waals surface area contributed by atoms with E-state index in [1.807, 2.05) is 0 Å². The highest BCUT2D eigenvalue weighted by Gasteiger charge is 2.29. The van der Waals surface area contributed by atoms with Gasteiger partial charge in [-0.1, -0.05) is 40.5 Å². The van der Waals surface area contributed by atoms with Crippen molar-refractivity contribution in [2.45, 2.75) is 37.6 Å². The summed E-state index contributed by atoms with van der Waals surface area (Å²) in [5.74, 6) is 1.75. The topological polar surface area (TPSA) is 12.5 Å². The van der Waals surface area contributed by atoms with Crippen LogP contribution >= 0.6 is 15.9 Å². The summed E-state index contributed by atoms with van der Waals surface area (Å²) in [6.45, 7) is 3.23. The molecular weight excluding hydrogens is 302 g/mol. The molecule has 1 fully saturated rings. The molecule has 3 heteroatoms. The minimum Gasteiger partial charge on any atom is -0.493 e. The van der Waals surface area contributed by atoms with Crippen LogP contribution in [0.25, 0.3) is 0 Å². The second-order valence-electron chi connectivity index (χ2n) is 5.64. The molecule has 1 atom stereocenters. The molecule has 19 heavy (non-hydrogen) atoms. The van der Waals surface area contributed by atoms with Gasteiger partial charge in [0.25, 0.3) is 0 Å². The minimum atomic E-state index is 0.643. The smallest absolute Gasteiger partial charge is 0.122 e. The molecule has 1 aromatic carbocycles. The lowest BCUT2D eigenvalue weighted by Crippen LogP contribution is -2.44. The molecule has 104 valence electrons. The minimum absolute atomic E-state index is 0.643. The summed E-state index contributed by atoms with van der Waals surface area (Å²) in [5.41, 5.74) is 1.41. The van der Waals surface area contributed by atoms with Crippen molar-refractivity contribution in [2.24, 2.45) is 0 Å². The van der Waals surface area contributed by atoms with Gasteiger partial charge in [0.15, 0.2) is 0 Å². The molecule has 1 aliphatic heterocycles. The van der Waals surface area contributed by atoms with E-state index in [4.69, 9.17) is 4.74 Å². The van der Waals surface area contributed by atoms with Crippen LogP contribution in [0.15, 0.2) is 24.3 Å². The zero-order valence-corrected chi connectivity index (χ0v) is 12.9. The van der Waals surface area contributed by atoms with E-state index in [0.29, 0.717) is 5.92 Å². The molecule has 0 N–H and O–H groups in total. The van der Waals surface area contributed by atoms with Crippen molar-refractivity contribution in [3.63, 3.8) is 0 Å². The Labute approximate surface area is 124 Å². The molecule has 1 unspecified atom stereocenters. The van der Waals surface area contributed by atoms with Crippen molar-refractivity contribution in [3.05, 3.63) is 29.8 Å². The van der Waals surface area contributed by atoms with Crippen molar-refractivity contribution in [1.82, 2.24) is 4.90 Å². The maximum atomic E-state index is 5.77. The average molecular weight is 324 g/mol. The van der Waals surface area contributed by atoms with Crippen LogP contribution < -0.4 is 4.74 Å². The lowest BCUT2D eigenvalue weighted by molar-refractivity contribution is 0.118. The van der Waals surface area contributed by atoms with Gasteiger partial charge in [-0.05, 0) is 30.9 Å². The van der Waals surface area contributed by atoms with Gasteiger partial charge in [-0.2, -0.15) is 0 Å². The second-order valence-corrected chi connectivity index (χ2v) is 6.43. The van der Waals surface area contributed by atoms with Gasteiger partial charge >= 0.3 is 0 Å². The molecule has 1 aliphatic carbocycles. The Morgan fingerprint density at radius 1 is 1.21 bits per heavy atom. The Morgan fingerprint density at radius 2 is 2.05 bits per heavy atom. The molecule has 0 radical (unpaired) electrons. The fourth-order valence-electron chi connectivity index (χ4n) is 3.17. The molecule has 1 saturated carbocycles. The average Bonchev–Trinajstić information content (AvgIpc) is 2.37. The number of fused-ring (bicyclic) bond motifs is 1. The second kappa shape index (κ2) is 6.27. The summed E-state index contributed by atoms with van der Waals surface area (Å²) >= 11 is 3.60. The number of benzene rings is 1. The van der Waals surface area contributed by atoms with Crippen molar-refractivity contribution < 1.29 is 4.74 Å². The quantitative estimate of drug-likeness (QED) is 0.764. The summed E-state index contributed by atoms with van der Waals surface area (Å²) in [6.07, 6.45) is 5.34. The van der Waals surface area contributed by atoms with Crippen LogP contribution in [-0.4, -0.2) is 36.0 Å². The monoisotopic (exact) mass is 323 g/mol. The molecule has 0 aromatic heterocycles. The molecule has 0 saturated heterocycles. The summed E-state index contributed by atoms with van der Waals surface area (Å²) in [6, 6.07) is 9.39. The predicted molar refractivity (Wildman–Crippen MR) is 82.3 cm³/mol. The first-order valence-electron chi connectivity index (χ1n) is 7.40. The van der Waals surface area contributed by atoms with E-state index in [0.717, 1.165) is 30.1 Å². The molecule has 2 aliphatic rings. The van der Waals surface area contributed by atoms with Crippen LogP contribution in [0.5, 0.6) is 5.75 Å². The summed E-state index contributed by atoms with van der Waals surface area (Å²) in [5, 5.41) is 1.08. The third kappa shape index (κ3) is 2.97. The van der Waals surface area contributed by atoms with Crippen LogP contribution in [0.2, 0.25) is 0 Å². The Morgan fingerprint density at radius 3 is 2.79 bits per heavy atom. The van der Waals surface area contributed by atoms with Gasteiger partial charge in [0.05, 0.1) is 6.61 Å². The lowest BCUT2D eigenvalue weighted by Gasteiger charge is -2.40. The Balaban J connectivity index is 1.71. The number of alkyl halides is 1. The maximum absolute atomic E-state index is 5.77. The first-order chi connectivity index (χ1) is 9.38. The van der Waals surface area contributed by atoms with E-state index < -0.39 is 0 Å². The maximum Gasteiger partial charge on any atom is 0.122 e. The number of hydrogen-bond acceptors (Lipinski definition) is 2. The predicted octanol–water partition coefficient (Wildman–Crippen LogP) is 3.80. The zero-order chi connectivity index (χ0) is 13.1. The van der Waals surface area contributed by atoms with Gasteiger partial charge in [0, 0.05) is 30.4 Å². The van der Waals surface area contributed by atoms with Crippen molar-refractivity contribution >= 4 is 15.9 Å². The van der Waals surface area contributed by atoms with Crippen LogP contribution in [0.3, 0.4) is 0 Å². The Hall–Kier alpha value is -0.540. The molecule has 0 amide bonds. The fraction of sp³-hybridized carbons (Fsp3) is 0.625. The van der Waals surface area contributed by atoms with Gasteiger partial charge in [0.1, 0.15) is 5.75 Å². The third-order valence-corrected chi connectivity index (χ3v) is 4.86. The number of halogens is 1. The van der Waals surface area contributed by atoms with Crippen LogP contribution in [0.1, 0.15) is 37.2 Å².